The molecule has 29 heavy (non-hydrogen) atoms. The Morgan fingerprint density at radius 2 is 1.59 bits per heavy atom. The molecule has 1 aliphatic rings. The van der Waals surface area contributed by atoms with Crippen LogP contribution in [0.4, 0.5) is 4.79 Å². The van der Waals surface area contributed by atoms with E-state index < -0.39 is 0 Å². The van der Waals surface area contributed by atoms with Crippen molar-refractivity contribution in [3.05, 3.63) is 100 Å². The maximum atomic E-state index is 12.7. The highest BCUT2D eigenvalue weighted by Gasteiger charge is 2.34. The van der Waals surface area contributed by atoms with Crippen LogP contribution in [-0.2, 0) is 11.3 Å². The van der Waals surface area contributed by atoms with Gasteiger partial charge < -0.3 is 0 Å². The Hall–Kier alpha value is -3.62. The van der Waals surface area contributed by atoms with E-state index in [0.717, 1.165) is 34.0 Å². The van der Waals surface area contributed by atoms with Gasteiger partial charge in [-0.3, -0.25) is 14.5 Å². The summed E-state index contributed by atoms with van der Waals surface area (Å²) in [4.78, 5) is 26.7. The molecular formula is C24H16N2O2S. The topological polar surface area (TPSA) is 61.2 Å². The standard InChI is InChI=1S/C24H16N2O2S/c25-15-20-8-4-5-9-21(20)19-12-10-18(11-13-19)16-26-23(27)22(29-24(26)28)14-17-6-2-1-3-7-17/h1-14H,16H2/b22-14-. The number of carbonyl (C=O) groups is 2. The zero-order valence-electron chi connectivity index (χ0n) is 15.4. The van der Waals surface area contributed by atoms with Gasteiger partial charge in [-0.25, -0.2) is 0 Å². The molecule has 0 saturated carbocycles. The highest BCUT2D eigenvalue weighted by atomic mass is 32.2. The first-order valence-corrected chi connectivity index (χ1v) is 9.86. The normalized spacial score (nSPS) is 15.0. The Bertz CT molecular complexity index is 1150. The third-order valence-electron chi connectivity index (χ3n) is 4.62. The van der Waals surface area contributed by atoms with E-state index in [1.165, 1.54) is 4.90 Å². The predicted molar refractivity (Wildman–Crippen MR) is 115 cm³/mol. The summed E-state index contributed by atoms with van der Waals surface area (Å²) >= 11 is 0.963. The number of nitriles is 1. The summed E-state index contributed by atoms with van der Waals surface area (Å²) in [5.74, 6) is -0.275. The van der Waals surface area contributed by atoms with Crippen molar-refractivity contribution in [2.24, 2.45) is 0 Å². The molecule has 0 N–H and O–H groups in total. The largest absolute Gasteiger partial charge is 0.293 e. The molecular weight excluding hydrogens is 380 g/mol. The number of amides is 2. The first kappa shape index (κ1) is 18.7. The summed E-state index contributed by atoms with van der Waals surface area (Å²) in [5, 5.41) is 9.01. The second kappa shape index (κ2) is 8.17. The Kier molecular flexibility index (Phi) is 5.28. The van der Waals surface area contributed by atoms with Gasteiger partial charge in [-0.2, -0.15) is 5.26 Å². The molecule has 4 nitrogen and oxygen atoms in total. The van der Waals surface area contributed by atoms with Crippen LogP contribution in [-0.4, -0.2) is 16.0 Å². The molecule has 0 bridgehead atoms. The fourth-order valence-electron chi connectivity index (χ4n) is 3.14. The van der Waals surface area contributed by atoms with Crippen LogP contribution < -0.4 is 0 Å². The lowest BCUT2D eigenvalue weighted by Crippen LogP contribution is -2.27. The van der Waals surface area contributed by atoms with E-state index in [1.807, 2.05) is 72.8 Å². The molecule has 0 aromatic heterocycles. The van der Waals surface area contributed by atoms with Crippen molar-refractivity contribution >= 4 is 29.0 Å². The Morgan fingerprint density at radius 3 is 2.31 bits per heavy atom. The average Bonchev–Trinajstić information content (AvgIpc) is 3.02. The zero-order chi connectivity index (χ0) is 20.2. The van der Waals surface area contributed by atoms with Crippen LogP contribution in [0, 0.1) is 11.3 Å². The maximum Gasteiger partial charge on any atom is 0.293 e. The lowest BCUT2D eigenvalue weighted by Gasteiger charge is -2.13. The van der Waals surface area contributed by atoms with E-state index in [-0.39, 0.29) is 17.7 Å². The third kappa shape index (κ3) is 3.98. The fraction of sp³-hybridized carbons (Fsp3) is 0.0417. The third-order valence-corrected chi connectivity index (χ3v) is 5.53. The van der Waals surface area contributed by atoms with Crippen LogP contribution in [0.15, 0.2) is 83.8 Å². The van der Waals surface area contributed by atoms with E-state index >= 15 is 0 Å². The molecule has 0 radical (unpaired) electrons. The molecule has 0 atom stereocenters. The predicted octanol–water partition coefficient (Wildman–Crippen LogP) is 5.46. The van der Waals surface area contributed by atoms with Crippen LogP contribution in [0.2, 0.25) is 0 Å². The van der Waals surface area contributed by atoms with Gasteiger partial charge in [-0.15, -0.1) is 0 Å². The number of hydrogen-bond acceptors (Lipinski definition) is 4. The molecule has 3 aromatic carbocycles. The van der Waals surface area contributed by atoms with E-state index in [2.05, 4.69) is 6.07 Å². The van der Waals surface area contributed by atoms with Crippen molar-refractivity contribution in [3.8, 4) is 17.2 Å². The fourth-order valence-corrected chi connectivity index (χ4v) is 3.98. The van der Waals surface area contributed by atoms with Crippen LogP contribution in [0.3, 0.4) is 0 Å². The first-order chi connectivity index (χ1) is 14.2. The van der Waals surface area contributed by atoms with Gasteiger partial charge in [0.05, 0.1) is 23.1 Å². The van der Waals surface area contributed by atoms with Gasteiger partial charge in [-0.1, -0.05) is 72.8 Å². The smallest absolute Gasteiger partial charge is 0.268 e. The number of imide groups is 1. The Morgan fingerprint density at radius 1 is 0.897 bits per heavy atom. The van der Waals surface area contributed by atoms with E-state index in [0.29, 0.717) is 10.5 Å². The van der Waals surface area contributed by atoms with E-state index in [1.54, 1.807) is 12.1 Å². The van der Waals surface area contributed by atoms with E-state index in [9.17, 15) is 14.9 Å². The second-order valence-electron chi connectivity index (χ2n) is 6.53. The average molecular weight is 396 g/mol. The van der Waals surface area contributed by atoms with Gasteiger partial charge in [0.25, 0.3) is 11.1 Å². The quantitative estimate of drug-likeness (QED) is 0.549. The van der Waals surface area contributed by atoms with Gasteiger partial charge >= 0.3 is 0 Å². The summed E-state index contributed by atoms with van der Waals surface area (Å²) in [7, 11) is 0. The molecule has 3 aromatic rings. The minimum absolute atomic E-state index is 0.219. The number of hydrogen-bond donors (Lipinski definition) is 0. The van der Waals surface area contributed by atoms with Crippen molar-refractivity contribution in [3.63, 3.8) is 0 Å². The van der Waals surface area contributed by atoms with Gasteiger partial charge in [0.15, 0.2) is 0 Å². The zero-order valence-corrected chi connectivity index (χ0v) is 16.2. The molecule has 5 heteroatoms. The molecule has 1 fully saturated rings. The number of benzene rings is 3. The second-order valence-corrected chi connectivity index (χ2v) is 7.53. The van der Waals surface area contributed by atoms with Crippen molar-refractivity contribution in [2.45, 2.75) is 6.54 Å². The molecule has 2 amide bonds. The molecule has 0 aliphatic carbocycles. The summed E-state index contributed by atoms with van der Waals surface area (Å²) in [5.41, 5.74) is 4.13. The molecule has 0 spiro atoms. The minimum atomic E-state index is -0.275. The van der Waals surface area contributed by atoms with Crippen molar-refractivity contribution in [2.75, 3.05) is 0 Å². The minimum Gasteiger partial charge on any atom is -0.268 e. The number of nitrogens with zero attached hydrogens (tertiary/aromatic N) is 2. The Labute approximate surface area is 173 Å². The van der Waals surface area contributed by atoms with Gasteiger partial charge in [0.1, 0.15) is 0 Å². The van der Waals surface area contributed by atoms with Crippen LogP contribution >= 0.6 is 11.8 Å². The Balaban J connectivity index is 1.52. The SMILES string of the molecule is N#Cc1ccccc1-c1ccc(CN2C(=O)S/C(=C\c3ccccc3)C2=O)cc1. The van der Waals surface area contributed by atoms with Crippen LogP contribution in [0.25, 0.3) is 17.2 Å². The van der Waals surface area contributed by atoms with Gasteiger partial charge in [0, 0.05) is 0 Å². The first-order valence-electron chi connectivity index (χ1n) is 9.04. The van der Waals surface area contributed by atoms with Crippen LogP contribution in [0.1, 0.15) is 16.7 Å². The molecule has 1 aliphatic heterocycles. The van der Waals surface area contributed by atoms with Crippen molar-refractivity contribution < 1.29 is 9.59 Å². The van der Waals surface area contributed by atoms with Gasteiger partial charge in [0.2, 0.25) is 0 Å². The van der Waals surface area contributed by atoms with E-state index in [4.69, 9.17) is 0 Å². The number of thioether (sulfide) groups is 1. The molecule has 0 unspecified atom stereocenters. The summed E-state index contributed by atoms with van der Waals surface area (Å²) in [6, 6.07) is 26.7. The monoisotopic (exact) mass is 396 g/mol. The van der Waals surface area contributed by atoms with Crippen molar-refractivity contribution in [1.29, 1.82) is 5.26 Å². The number of rotatable bonds is 4. The summed E-state index contributed by atoms with van der Waals surface area (Å²) in [6.07, 6.45) is 1.74. The molecule has 4 rings (SSSR count). The lowest BCUT2D eigenvalue weighted by atomic mass is 9.99. The van der Waals surface area contributed by atoms with Crippen molar-refractivity contribution in [1.82, 2.24) is 4.90 Å². The molecule has 1 heterocycles. The number of carbonyl (C=O) groups excluding carboxylic acids is 2. The lowest BCUT2D eigenvalue weighted by molar-refractivity contribution is -0.123. The maximum absolute atomic E-state index is 12.7. The summed E-state index contributed by atoms with van der Waals surface area (Å²) in [6.45, 7) is 0.219. The summed E-state index contributed by atoms with van der Waals surface area (Å²) < 4.78 is 0. The van der Waals surface area contributed by atoms with Crippen LogP contribution in [0.5, 0.6) is 0 Å². The highest BCUT2D eigenvalue weighted by Crippen LogP contribution is 2.33. The highest BCUT2D eigenvalue weighted by molar-refractivity contribution is 8.18. The molecule has 140 valence electrons. The molecule has 1 saturated heterocycles. The van der Waals surface area contributed by atoms with Gasteiger partial charge in [-0.05, 0) is 46.2 Å².